The molecule has 0 fully saturated rings. The molecule has 0 heterocycles. The van der Waals surface area contributed by atoms with Crippen LogP contribution in [0, 0.1) is 0 Å². The smallest absolute Gasteiger partial charge is 0.367 e. The molecule has 0 aliphatic heterocycles. The van der Waals surface area contributed by atoms with Crippen LogP contribution in [0.15, 0.2) is 30.3 Å². The third-order valence-electron chi connectivity index (χ3n) is 4.12. The highest BCUT2D eigenvalue weighted by atomic mass is 28.4. The Hall–Kier alpha value is -0.643. The van der Waals surface area contributed by atoms with E-state index >= 15 is 0 Å². The Kier molecular flexibility index (Phi) is 9.64. The molecule has 0 aliphatic rings. The van der Waals surface area contributed by atoms with Crippen LogP contribution in [-0.4, -0.2) is 18.2 Å². The van der Waals surface area contributed by atoms with E-state index in [-0.39, 0.29) is 0 Å². The molecule has 21 heavy (non-hydrogen) atoms. The summed E-state index contributed by atoms with van der Waals surface area (Å²) in [4.78, 5) is 20.4. The average Bonchev–Trinajstić information content (AvgIpc) is 2.50. The first-order valence-corrected chi connectivity index (χ1v) is 10.8. The Morgan fingerprint density at radius 3 is 1.71 bits per heavy atom. The van der Waals surface area contributed by atoms with Crippen LogP contribution in [0.4, 0.5) is 0 Å². The van der Waals surface area contributed by atoms with E-state index in [9.17, 15) is 9.59 Å². The molecular weight excluding hydrogens is 276 g/mol. The largest absolute Gasteiger partial charge is 0.407 e. The number of hydrogen-bond donors (Lipinski definition) is 2. The van der Waals surface area contributed by atoms with E-state index in [4.69, 9.17) is 0 Å². The maximum absolute atomic E-state index is 10.2. The monoisotopic (exact) mass is 308 g/mol. The first-order chi connectivity index (χ1) is 10.2. The molecular formula is C18H32O2Si. The summed E-state index contributed by atoms with van der Waals surface area (Å²) in [7, 11) is -3.17. The quantitative estimate of drug-likeness (QED) is 0.448. The van der Waals surface area contributed by atoms with Crippen LogP contribution in [0.3, 0.4) is 0 Å². The Morgan fingerprint density at radius 1 is 0.714 bits per heavy atom. The first kappa shape index (κ1) is 18.4. The Balaban J connectivity index is 2.01. The van der Waals surface area contributed by atoms with Gasteiger partial charge in [0.15, 0.2) is 0 Å². The standard InChI is InChI=1S/C18H32O2Si/c1-2-3-4-5-6-7-8-9-10-14-17-21(19,20)18-15-12-11-13-16-18/h11-13,15-16,19-20H,2-10,14,17H2,1H3. The lowest BCUT2D eigenvalue weighted by atomic mass is 10.1. The van der Waals surface area contributed by atoms with Gasteiger partial charge in [-0.2, -0.15) is 0 Å². The summed E-state index contributed by atoms with van der Waals surface area (Å²) >= 11 is 0. The van der Waals surface area contributed by atoms with E-state index in [1.54, 1.807) is 0 Å². The van der Waals surface area contributed by atoms with Crippen LogP contribution in [-0.2, 0) is 0 Å². The molecule has 0 aliphatic carbocycles. The van der Waals surface area contributed by atoms with Crippen molar-refractivity contribution in [3.63, 3.8) is 0 Å². The Labute approximate surface area is 131 Å². The summed E-state index contributed by atoms with van der Waals surface area (Å²) in [5.41, 5.74) is 0. The van der Waals surface area contributed by atoms with E-state index in [1.165, 1.54) is 51.4 Å². The number of unbranched alkanes of at least 4 members (excludes halogenated alkanes) is 9. The van der Waals surface area contributed by atoms with Gasteiger partial charge >= 0.3 is 8.56 Å². The van der Waals surface area contributed by atoms with Gasteiger partial charge in [-0.25, -0.2) is 0 Å². The summed E-state index contributed by atoms with van der Waals surface area (Å²) in [5, 5.41) is 0.737. The number of benzene rings is 1. The Bertz CT molecular complexity index is 351. The van der Waals surface area contributed by atoms with Crippen molar-refractivity contribution in [3.8, 4) is 0 Å². The molecule has 1 rings (SSSR count). The maximum atomic E-state index is 10.2. The third kappa shape index (κ3) is 8.39. The van der Waals surface area contributed by atoms with Crippen LogP contribution in [0.5, 0.6) is 0 Å². The van der Waals surface area contributed by atoms with Crippen LogP contribution in [0.1, 0.15) is 71.1 Å². The number of rotatable bonds is 12. The zero-order valence-electron chi connectivity index (χ0n) is 13.6. The molecule has 0 saturated heterocycles. The molecule has 0 spiro atoms. The van der Waals surface area contributed by atoms with Crippen molar-refractivity contribution in [2.75, 3.05) is 0 Å². The van der Waals surface area contributed by atoms with Crippen LogP contribution in [0.2, 0.25) is 6.04 Å². The van der Waals surface area contributed by atoms with E-state index in [0.29, 0.717) is 6.04 Å². The molecule has 120 valence electrons. The van der Waals surface area contributed by atoms with Crippen molar-refractivity contribution in [1.29, 1.82) is 0 Å². The van der Waals surface area contributed by atoms with Crippen LogP contribution in [0.25, 0.3) is 0 Å². The molecule has 0 saturated carbocycles. The molecule has 1 aromatic carbocycles. The van der Waals surface area contributed by atoms with Gasteiger partial charge in [0.2, 0.25) is 0 Å². The first-order valence-electron chi connectivity index (χ1n) is 8.67. The molecule has 2 nitrogen and oxygen atoms in total. The zero-order valence-corrected chi connectivity index (χ0v) is 14.6. The van der Waals surface area contributed by atoms with Crippen molar-refractivity contribution < 1.29 is 9.59 Å². The maximum Gasteiger partial charge on any atom is 0.367 e. The molecule has 0 atom stereocenters. The summed E-state index contributed by atoms with van der Waals surface area (Å²) in [6.07, 6.45) is 12.7. The van der Waals surface area contributed by atoms with Gasteiger partial charge in [-0.1, -0.05) is 101 Å². The molecule has 2 N–H and O–H groups in total. The minimum atomic E-state index is -3.17. The molecule has 3 heteroatoms. The Morgan fingerprint density at radius 2 is 1.19 bits per heavy atom. The summed E-state index contributed by atoms with van der Waals surface area (Å²) in [6, 6.07) is 9.90. The summed E-state index contributed by atoms with van der Waals surface area (Å²) < 4.78 is 0. The van der Waals surface area contributed by atoms with Crippen molar-refractivity contribution in [2.45, 2.75) is 77.2 Å². The van der Waals surface area contributed by atoms with Gasteiger partial charge in [-0.05, 0) is 11.2 Å². The zero-order chi connectivity index (χ0) is 15.4. The third-order valence-corrected chi connectivity index (χ3v) is 6.42. The van der Waals surface area contributed by atoms with Crippen molar-refractivity contribution in [1.82, 2.24) is 0 Å². The minimum Gasteiger partial charge on any atom is -0.407 e. The minimum absolute atomic E-state index is 0.563. The fraction of sp³-hybridized carbons (Fsp3) is 0.667. The van der Waals surface area contributed by atoms with Crippen molar-refractivity contribution in [2.24, 2.45) is 0 Å². The van der Waals surface area contributed by atoms with Gasteiger partial charge in [0.1, 0.15) is 0 Å². The van der Waals surface area contributed by atoms with E-state index in [2.05, 4.69) is 6.92 Å². The van der Waals surface area contributed by atoms with Crippen LogP contribution < -0.4 is 5.19 Å². The lowest BCUT2D eigenvalue weighted by Crippen LogP contribution is -2.48. The normalized spacial score (nSPS) is 11.8. The highest BCUT2D eigenvalue weighted by molar-refractivity contribution is 6.78. The fourth-order valence-corrected chi connectivity index (χ4v) is 4.47. The molecule has 0 amide bonds. The predicted octanol–water partition coefficient (Wildman–Crippen LogP) is 4.24. The van der Waals surface area contributed by atoms with E-state index in [0.717, 1.165) is 18.0 Å². The summed E-state index contributed by atoms with van der Waals surface area (Å²) in [6.45, 7) is 2.25. The SMILES string of the molecule is CCCCCCCCCCCC[Si](O)(O)c1ccccc1. The van der Waals surface area contributed by atoms with Crippen molar-refractivity contribution in [3.05, 3.63) is 30.3 Å². The molecule has 0 radical (unpaired) electrons. The van der Waals surface area contributed by atoms with Crippen molar-refractivity contribution >= 4 is 13.7 Å². The lowest BCUT2D eigenvalue weighted by molar-refractivity contribution is 0.375. The highest BCUT2D eigenvalue weighted by Gasteiger charge is 2.30. The molecule has 1 aromatic rings. The van der Waals surface area contributed by atoms with E-state index in [1.807, 2.05) is 30.3 Å². The van der Waals surface area contributed by atoms with Crippen LogP contribution >= 0.6 is 0 Å². The lowest BCUT2D eigenvalue weighted by Gasteiger charge is -2.17. The van der Waals surface area contributed by atoms with Gasteiger partial charge in [-0.3, -0.25) is 0 Å². The second-order valence-electron chi connectivity index (χ2n) is 6.11. The second-order valence-corrected chi connectivity index (χ2v) is 8.83. The van der Waals surface area contributed by atoms with Gasteiger partial charge in [0.05, 0.1) is 0 Å². The number of hydrogen-bond acceptors (Lipinski definition) is 2. The molecule has 0 unspecified atom stereocenters. The molecule has 0 bridgehead atoms. The average molecular weight is 309 g/mol. The van der Waals surface area contributed by atoms with Gasteiger partial charge in [0, 0.05) is 0 Å². The predicted molar refractivity (Wildman–Crippen MR) is 92.9 cm³/mol. The fourth-order valence-electron chi connectivity index (χ4n) is 2.71. The van der Waals surface area contributed by atoms with Gasteiger partial charge in [-0.15, -0.1) is 0 Å². The van der Waals surface area contributed by atoms with Gasteiger partial charge in [0.25, 0.3) is 0 Å². The summed E-state index contributed by atoms with van der Waals surface area (Å²) in [5.74, 6) is 0. The van der Waals surface area contributed by atoms with Gasteiger partial charge < -0.3 is 9.59 Å². The highest BCUT2D eigenvalue weighted by Crippen LogP contribution is 2.14. The second kappa shape index (κ2) is 11.0. The topological polar surface area (TPSA) is 40.5 Å². The van der Waals surface area contributed by atoms with E-state index < -0.39 is 8.56 Å². The molecule has 0 aromatic heterocycles.